The molecule has 0 fully saturated rings. The molecule has 426 valence electrons. The zero-order chi connectivity index (χ0) is 60.1. The number of Topliss-reactive ketones (excluding diaryl/α,β-unsaturated/α-hetero) is 1. The lowest BCUT2D eigenvalue weighted by Gasteiger charge is -2.15. The number of azo groups is 2. The predicted octanol–water partition coefficient (Wildman–Crippen LogP) is 9.81. The number of nitrogens with two attached hydrogens (primary N) is 3. The van der Waals surface area contributed by atoms with Crippen molar-refractivity contribution >= 4 is 114 Å². The van der Waals surface area contributed by atoms with E-state index in [0.29, 0.717) is 45.9 Å². The van der Waals surface area contributed by atoms with Gasteiger partial charge >= 0.3 is 0 Å². The second-order valence-corrected chi connectivity index (χ2v) is 24.7. The van der Waals surface area contributed by atoms with E-state index >= 15 is 0 Å². The molecule has 24 nitrogen and oxygen atoms in total. The second kappa shape index (κ2) is 22.4. The average molecular weight is 1200 g/mol. The summed E-state index contributed by atoms with van der Waals surface area (Å²) in [5, 5.41) is 39.8. The summed E-state index contributed by atoms with van der Waals surface area (Å²) in [6.45, 7) is 7.17. The third-order valence-corrected chi connectivity index (χ3v) is 17.0. The molecule has 0 aliphatic carbocycles. The molecule has 1 amide bonds. The van der Waals surface area contributed by atoms with Gasteiger partial charge in [0.25, 0.3) is 40.5 Å². The Morgan fingerprint density at radius 3 is 1.24 bits per heavy atom. The molecule has 28 heteroatoms. The molecule has 0 saturated heterocycles. The number of amides is 1. The maximum absolute atomic E-state index is 13.2. The number of carbonyl (C=O) groups is 2. The summed E-state index contributed by atoms with van der Waals surface area (Å²) in [5.74, 6) is -2.14. The molecule has 8 aromatic rings. The number of hydrogen-bond donors (Lipinski definition) is 10. The molecular formula is C54H50N8O16S4. The number of rotatable bonds is 17. The van der Waals surface area contributed by atoms with Crippen molar-refractivity contribution in [3.05, 3.63) is 137 Å². The van der Waals surface area contributed by atoms with E-state index in [4.69, 9.17) is 17.2 Å². The minimum absolute atomic E-state index is 0.0350. The Kier molecular flexibility index (Phi) is 16.3. The quantitative estimate of drug-likeness (QED) is 0.0230. The van der Waals surface area contributed by atoms with Crippen molar-refractivity contribution in [2.24, 2.45) is 26.2 Å². The number of benzene rings is 8. The summed E-state index contributed by atoms with van der Waals surface area (Å²) in [5.41, 5.74) is 24.3. The summed E-state index contributed by atoms with van der Waals surface area (Å²) in [6.07, 6.45) is 0.216. The van der Waals surface area contributed by atoms with Gasteiger partial charge in [0.1, 0.15) is 36.7 Å². The maximum atomic E-state index is 13.2. The van der Waals surface area contributed by atoms with Gasteiger partial charge in [0, 0.05) is 29.3 Å². The summed E-state index contributed by atoms with van der Waals surface area (Å²) < 4.78 is 135. The van der Waals surface area contributed by atoms with Crippen LogP contribution in [-0.2, 0) is 56.5 Å². The van der Waals surface area contributed by atoms with Crippen LogP contribution in [0.2, 0.25) is 0 Å². The first-order valence-electron chi connectivity index (χ1n) is 24.1. The van der Waals surface area contributed by atoms with Crippen LogP contribution in [0.1, 0.15) is 40.7 Å². The van der Waals surface area contributed by atoms with Crippen LogP contribution in [0.25, 0.3) is 43.8 Å². The number of anilines is 3. The first-order chi connectivity index (χ1) is 38.2. The SMILES string of the molecule is Cc1cc(-c2ccc(N=Nc3ccc4c(S(=O)(=O)O)cc(S(=O)(=O)O)c(N)c4c3O)c(C)c2)ccc1CC(=O)CC[C@@H](N)C(=O)Nc1ccc(-c2ccc(N=Nc3ccc4c(S(=O)(=O)O)cc(S(=O)(=O)O)c(N)c4c3O)c(C)c2)cc1C. The molecular weight excluding hydrogens is 1140 g/mol. The third kappa shape index (κ3) is 12.5. The molecule has 0 aliphatic rings. The van der Waals surface area contributed by atoms with Gasteiger partial charge in [0.15, 0.2) is 11.5 Å². The van der Waals surface area contributed by atoms with Gasteiger partial charge in [-0.1, -0.05) is 48.5 Å². The van der Waals surface area contributed by atoms with Crippen LogP contribution in [-0.4, -0.2) is 79.8 Å². The Morgan fingerprint density at radius 1 is 0.488 bits per heavy atom. The fourth-order valence-electron chi connectivity index (χ4n) is 9.07. The van der Waals surface area contributed by atoms with Crippen LogP contribution >= 0.6 is 0 Å². The van der Waals surface area contributed by atoms with Crippen molar-refractivity contribution in [3.8, 4) is 33.8 Å². The molecule has 0 aromatic heterocycles. The van der Waals surface area contributed by atoms with Gasteiger partial charge in [-0.05, 0) is 145 Å². The summed E-state index contributed by atoms with van der Waals surface area (Å²) in [7, 11) is -20.3. The number of fused-ring (bicyclic) bond motifs is 2. The Bertz CT molecular complexity index is 4570. The predicted molar refractivity (Wildman–Crippen MR) is 305 cm³/mol. The molecule has 13 N–H and O–H groups in total. The number of nitrogens with one attached hydrogen (secondary N) is 1. The van der Waals surface area contributed by atoms with Gasteiger partial charge < -0.3 is 32.7 Å². The van der Waals surface area contributed by atoms with Gasteiger partial charge in [0.2, 0.25) is 5.91 Å². The summed E-state index contributed by atoms with van der Waals surface area (Å²) in [4.78, 5) is 22.5. The first kappa shape index (κ1) is 59.5. The van der Waals surface area contributed by atoms with Gasteiger partial charge in [-0.15, -0.1) is 10.2 Å². The molecule has 0 heterocycles. The lowest BCUT2D eigenvalue weighted by Crippen LogP contribution is -2.36. The van der Waals surface area contributed by atoms with Crippen molar-refractivity contribution in [1.82, 2.24) is 0 Å². The number of aromatic hydroxyl groups is 2. The van der Waals surface area contributed by atoms with Crippen LogP contribution in [0.5, 0.6) is 11.5 Å². The van der Waals surface area contributed by atoms with Crippen LogP contribution in [0, 0.1) is 27.7 Å². The number of nitrogens with zero attached hydrogens (tertiary/aromatic N) is 4. The number of aryl methyl sites for hydroxylation is 4. The zero-order valence-corrected chi connectivity index (χ0v) is 46.8. The van der Waals surface area contributed by atoms with Crippen LogP contribution in [0.3, 0.4) is 0 Å². The number of ketones is 1. The summed E-state index contributed by atoms with van der Waals surface area (Å²) >= 11 is 0. The lowest BCUT2D eigenvalue weighted by molar-refractivity contribution is -0.119. The molecule has 1 atom stereocenters. The Morgan fingerprint density at radius 2 is 0.854 bits per heavy atom. The van der Waals surface area contributed by atoms with E-state index in [-0.39, 0.29) is 47.2 Å². The van der Waals surface area contributed by atoms with E-state index in [1.54, 1.807) is 57.2 Å². The minimum Gasteiger partial charge on any atom is -0.505 e. The highest BCUT2D eigenvalue weighted by Crippen LogP contribution is 2.46. The highest BCUT2D eigenvalue weighted by Gasteiger charge is 2.29. The van der Waals surface area contributed by atoms with Crippen LogP contribution in [0.15, 0.2) is 149 Å². The average Bonchev–Trinajstić information content (AvgIpc) is 2.22. The Labute approximate surface area is 469 Å². The van der Waals surface area contributed by atoms with Crippen molar-refractivity contribution in [3.63, 3.8) is 0 Å². The van der Waals surface area contributed by atoms with Gasteiger partial charge in [-0.3, -0.25) is 27.8 Å². The zero-order valence-electron chi connectivity index (χ0n) is 43.5. The number of phenolic OH excluding ortho intramolecular Hbond substituents is 2. The van der Waals surface area contributed by atoms with E-state index in [1.807, 2.05) is 43.3 Å². The fourth-order valence-corrected chi connectivity index (χ4v) is 11.9. The molecule has 8 rings (SSSR count). The van der Waals surface area contributed by atoms with Gasteiger partial charge in [0.05, 0.1) is 39.6 Å². The van der Waals surface area contributed by atoms with Crippen LogP contribution < -0.4 is 22.5 Å². The smallest absolute Gasteiger partial charge is 0.296 e. The number of phenols is 2. The standard InChI is InChI=1S/C54H50N8O16S4/c1-26-19-31(33-8-15-40(28(3)21-33)59-61-42-17-11-36-44(79(67,68)69)24-46(81(73,74)75)50(56)48(36)52(42)64)6-5-30(26)23-35(63)10-13-38(55)54(66)58-39-14-7-32(20-27(39)2)34-9-16-41(29(4)22-34)60-62-43-18-12-37-45(80(70,71)72)25-47(82(76,77)78)51(57)49(37)53(43)65/h5-9,11-12,14-22,24-25,38,64-65H,10,13,23,55-57H2,1-4H3,(H,58,66)(H,67,68,69)(H,70,71,72)(H,73,74,75)(H,76,77,78)/t38-/m1/s1. The van der Waals surface area contributed by atoms with E-state index in [1.165, 1.54) is 12.1 Å². The van der Waals surface area contributed by atoms with Crippen LogP contribution in [0.4, 0.5) is 39.8 Å². The molecule has 0 aliphatic heterocycles. The molecule has 0 unspecified atom stereocenters. The van der Waals surface area contributed by atoms with E-state index in [9.17, 15) is 71.7 Å². The molecule has 0 saturated carbocycles. The molecule has 0 bridgehead atoms. The number of hydrogen-bond acceptors (Lipinski definition) is 19. The minimum atomic E-state index is -5.10. The molecule has 8 aromatic carbocycles. The van der Waals surface area contributed by atoms with Gasteiger partial charge in [-0.25, -0.2) is 0 Å². The second-order valence-electron chi connectivity index (χ2n) is 19.1. The summed E-state index contributed by atoms with van der Waals surface area (Å²) in [6, 6.07) is 26.0. The molecule has 0 radical (unpaired) electrons. The van der Waals surface area contributed by atoms with E-state index in [0.717, 1.165) is 45.5 Å². The Balaban J connectivity index is 0.868. The van der Waals surface area contributed by atoms with E-state index < -0.39 is 106 Å². The van der Waals surface area contributed by atoms with Crippen molar-refractivity contribution < 1.29 is 71.7 Å². The Hall–Kier alpha value is -8.58. The lowest BCUT2D eigenvalue weighted by atomic mass is 9.95. The van der Waals surface area contributed by atoms with Crippen molar-refractivity contribution in [1.29, 1.82) is 0 Å². The topological polar surface area (TPSA) is 432 Å². The third-order valence-electron chi connectivity index (χ3n) is 13.4. The van der Waals surface area contributed by atoms with E-state index in [2.05, 4.69) is 25.8 Å². The highest BCUT2D eigenvalue weighted by molar-refractivity contribution is 7.87. The number of carbonyl (C=O) groups excluding carboxylic acids is 2. The molecule has 82 heavy (non-hydrogen) atoms. The largest absolute Gasteiger partial charge is 0.505 e. The normalized spacial score (nSPS) is 12.9. The molecule has 0 spiro atoms. The highest BCUT2D eigenvalue weighted by atomic mass is 32.2. The maximum Gasteiger partial charge on any atom is 0.296 e. The fraction of sp³-hybridized carbons (Fsp3) is 0.148. The van der Waals surface area contributed by atoms with Crippen molar-refractivity contribution in [2.45, 2.75) is 72.6 Å². The van der Waals surface area contributed by atoms with Gasteiger partial charge in [-0.2, -0.15) is 43.9 Å². The number of nitrogen functional groups attached to an aromatic ring is 2. The first-order valence-corrected chi connectivity index (χ1v) is 29.9. The van der Waals surface area contributed by atoms with Crippen molar-refractivity contribution in [2.75, 3.05) is 16.8 Å². The monoisotopic (exact) mass is 1190 g/mol.